The minimum absolute atomic E-state index is 0.0120. The van der Waals surface area contributed by atoms with E-state index < -0.39 is 0 Å². The lowest BCUT2D eigenvalue weighted by Gasteiger charge is -2.15. The molecule has 0 aliphatic heterocycles. The maximum atomic E-state index is 13.0. The number of hydrogen-bond donors (Lipinski definition) is 1. The Balaban J connectivity index is 1.33. The van der Waals surface area contributed by atoms with Gasteiger partial charge < -0.3 is 14.0 Å². The second-order valence-electron chi connectivity index (χ2n) is 9.04. The number of halogens is 3. The molecule has 0 saturated heterocycles. The van der Waals surface area contributed by atoms with Gasteiger partial charge in [0.05, 0.1) is 37.5 Å². The molecule has 10 heteroatoms. The van der Waals surface area contributed by atoms with Crippen LogP contribution in [-0.2, 0) is 17.9 Å². The first-order valence-corrected chi connectivity index (χ1v) is 14.5. The highest BCUT2D eigenvalue weighted by Gasteiger charge is 2.14. The third-order valence-corrected chi connectivity index (χ3v) is 7.82. The molecule has 4 aromatic carbocycles. The molecule has 1 heterocycles. The van der Waals surface area contributed by atoms with E-state index in [4.69, 9.17) is 32.7 Å². The van der Waals surface area contributed by atoms with Gasteiger partial charge in [0.2, 0.25) is 0 Å². The van der Waals surface area contributed by atoms with Crippen molar-refractivity contribution in [3.63, 3.8) is 0 Å². The van der Waals surface area contributed by atoms with Gasteiger partial charge >= 0.3 is 0 Å². The first kappa shape index (κ1) is 28.9. The predicted octanol–water partition coefficient (Wildman–Crippen LogP) is 7.19. The Hall–Kier alpha value is -3.60. The summed E-state index contributed by atoms with van der Waals surface area (Å²) < 4.78 is 14.5. The molecule has 1 N–H and O–H groups in total. The molecule has 1 aromatic heterocycles. The van der Waals surface area contributed by atoms with Crippen LogP contribution in [0.1, 0.15) is 18.1 Å². The summed E-state index contributed by atoms with van der Waals surface area (Å²) in [7, 11) is 0. The van der Waals surface area contributed by atoms with Gasteiger partial charge in [-0.1, -0.05) is 53.5 Å². The van der Waals surface area contributed by atoms with Gasteiger partial charge in [-0.15, -0.1) is 0 Å². The number of rotatable bonds is 9. The van der Waals surface area contributed by atoms with E-state index >= 15 is 0 Å². The highest BCUT2D eigenvalue weighted by Crippen LogP contribution is 2.35. The van der Waals surface area contributed by atoms with E-state index in [1.54, 1.807) is 36.5 Å². The van der Waals surface area contributed by atoms with Crippen molar-refractivity contribution >= 4 is 79.7 Å². The third-order valence-electron chi connectivity index (χ3n) is 6.28. The molecule has 7 nitrogen and oxygen atoms in total. The summed E-state index contributed by atoms with van der Waals surface area (Å²) in [4.78, 5) is 25.9. The summed E-state index contributed by atoms with van der Waals surface area (Å²) in [5.41, 5.74) is 5.50. The van der Waals surface area contributed by atoms with Crippen molar-refractivity contribution in [2.24, 2.45) is 5.10 Å². The van der Waals surface area contributed by atoms with Crippen molar-refractivity contribution < 1.29 is 14.3 Å². The number of ether oxygens (including phenoxy) is 2. The van der Waals surface area contributed by atoms with Gasteiger partial charge in [-0.2, -0.15) is 5.10 Å². The predicted molar refractivity (Wildman–Crippen MR) is 173 cm³/mol. The molecule has 0 radical (unpaired) electrons. The van der Waals surface area contributed by atoms with Crippen LogP contribution in [0.25, 0.3) is 21.8 Å². The van der Waals surface area contributed by atoms with Gasteiger partial charge in [0.15, 0.2) is 16.9 Å². The number of carbonyl (C=O) groups is 1. The lowest BCUT2D eigenvalue weighted by atomic mass is 10.1. The molecule has 5 rings (SSSR count). The van der Waals surface area contributed by atoms with Gasteiger partial charge in [-0.3, -0.25) is 9.59 Å². The van der Waals surface area contributed by atoms with Crippen LogP contribution in [0.5, 0.6) is 11.5 Å². The summed E-state index contributed by atoms with van der Waals surface area (Å²) in [6.07, 6.45) is 1.55. The molecular weight excluding hydrogens is 676 g/mol. The van der Waals surface area contributed by atoms with Crippen molar-refractivity contribution in [3.8, 4) is 11.5 Å². The number of amides is 1. The minimum atomic E-state index is -0.332. The van der Waals surface area contributed by atoms with E-state index in [0.29, 0.717) is 50.0 Å². The second-order valence-corrected chi connectivity index (χ2v) is 11.0. The molecule has 0 aliphatic rings. The number of para-hydroxylation sites is 2. The summed E-state index contributed by atoms with van der Waals surface area (Å²) in [6, 6.07) is 23.6. The Morgan fingerprint density at radius 1 is 0.951 bits per heavy atom. The standard InChI is InChI=1S/C31H24Cl2IN3O4/c1-2-40-28-15-20(14-25(34)31(28)41-18-19-11-12-23(32)24(33)13-19)16-35-36-29(38)17-37-26-9-5-3-7-21(26)30(39)22-8-4-6-10-27(22)37/h3-16H,2,17-18H2,1H3,(H,36,38)/b35-16+. The van der Waals surface area contributed by atoms with E-state index in [9.17, 15) is 9.59 Å². The van der Waals surface area contributed by atoms with E-state index in [1.807, 2.05) is 60.0 Å². The molecule has 0 atom stereocenters. The smallest absolute Gasteiger partial charge is 0.260 e. The number of hydrazone groups is 1. The largest absolute Gasteiger partial charge is 0.490 e. The summed E-state index contributed by atoms with van der Waals surface area (Å²) in [6.45, 7) is 2.60. The third kappa shape index (κ3) is 6.50. The Kier molecular flexibility index (Phi) is 9.12. The Morgan fingerprint density at radius 2 is 1.63 bits per heavy atom. The fourth-order valence-corrected chi connectivity index (χ4v) is 5.56. The average molecular weight is 700 g/mol. The van der Waals surface area contributed by atoms with Gasteiger partial charge in [0, 0.05) is 10.8 Å². The molecule has 0 fully saturated rings. The zero-order valence-corrected chi connectivity index (χ0v) is 25.5. The van der Waals surface area contributed by atoms with Crippen LogP contribution >= 0.6 is 45.8 Å². The molecule has 0 unspecified atom stereocenters. The van der Waals surface area contributed by atoms with Crippen molar-refractivity contribution in [1.29, 1.82) is 0 Å². The molecule has 5 aromatic rings. The van der Waals surface area contributed by atoms with Crippen LogP contribution in [0.4, 0.5) is 0 Å². The Morgan fingerprint density at radius 3 is 2.29 bits per heavy atom. The fraction of sp³-hybridized carbons (Fsp3) is 0.129. The van der Waals surface area contributed by atoms with E-state index in [0.717, 1.165) is 14.7 Å². The SMILES string of the molecule is CCOc1cc(/C=N/NC(=O)Cn2c3ccccc3c(=O)c3ccccc32)cc(I)c1OCc1ccc(Cl)c(Cl)c1. The van der Waals surface area contributed by atoms with Gasteiger partial charge in [-0.25, -0.2) is 5.43 Å². The molecule has 1 amide bonds. The molecule has 0 bridgehead atoms. The van der Waals surface area contributed by atoms with E-state index in [-0.39, 0.29) is 24.5 Å². The van der Waals surface area contributed by atoms with Crippen LogP contribution in [0.15, 0.2) is 88.8 Å². The summed E-state index contributed by atoms with van der Waals surface area (Å²) in [5.74, 6) is 0.816. The topological polar surface area (TPSA) is 81.9 Å². The molecule has 41 heavy (non-hydrogen) atoms. The minimum Gasteiger partial charge on any atom is -0.490 e. The Bertz CT molecular complexity index is 1800. The van der Waals surface area contributed by atoms with E-state index in [1.165, 1.54) is 0 Å². The molecule has 208 valence electrons. The fourth-order valence-electron chi connectivity index (χ4n) is 4.46. The average Bonchev–Trinajstić information content (AvgIpc) is 2.97. The number of carbonyl (C=O) groups excluding carboxylic acids is 1. The van der Waals surface area contributed by atoms with Crippen LogP contribution in [-0.4, -0.2) is 23.3 Å². The van der Waals surface area contributed by atoms with Crippen LogP contribution in [0.3, 0.4) is 0 Å². The zero-order chi connectivity index (χ0) is 28.9. The first-order valence-electron chi connectivity index (χ1n) is 12.7. The molecule has 0 spiro atoms. The maximum Gasteiger partial charge on any atom is 0.260 e. The van der Waals surface area contributed by atoms with Crippen molar-refractivity contribution in [2.45, 2.75) is 20.1 Å². The second kappa shape index (κ2) is 12.9. The van der Waals surface area contributed by atoms with Gasteiger partial charge in [0.25, 0.3) is 5.91 Å². The summed E-state index contributed by atoms with van der Waals surface area (Å²) in [5, 5.41) is 6.23. The lowest BCUT2D eigenvalue weighted by molar-refractivity contribution is -0.121. The number of fused-ring (bicyclic) bond motifs is 2. The quantitative estimate of drug-likeness (QED) is 0.0764. The Labute approximate surface area is 259 Å². The zero-order valence-electron chi connectivity index (χ0n) is 21.9. The van der Waals surface area contributed by atoms with Crippen molar-refractivity contribution in [1.82, 2.24) is 9.99 Å². The number of nitrogens with zero attached hydrogens (tertiary/aromatic N) is 2. The highest BCUT2D eigenvalue weighted by atomic mass is 127. The van der Waals surface area contributed by atoms with Gasteiger partial charge in [-0.05, 0) is 89.2 Å². The van der Waals surface area contributed by atoms with E-state index in [2.05, 4.69) is 33.1 Å². The molecular formula is C31H24Cl2IN3O4. The lowest BCUT2D eigenvalue weighted by Crippen LogP contribution is -2.25. The summed E-state index contributed by atoms with van der Waals surface area (Å²) >= 11 is 14.3. The molecule has 0 saturated carbocycles. The number of benzene rings is 4. The highest BCUT2D eigenvalue weighted by molar-refractivity contribution is 14.1. The van der Waals surface area contributed by atoms with Crippen LogP contribution in [0.2, 0.25) is 10.0 Å². The maximum absolute atomic E-state index is 13.0. The molecule has 0 aliphatic carbocycles. The van der Waals surface area contributed by atoms with Crippen molar-refractivity contribution in [3.05, 3.63) is 114 Å². The number of aromatic nitrogens is 1. The van der Waals surface area contributed by atoms with Crippen molar-refractivity contribution in [2.75, 3.05) is 6.61 Å². The normalized spacial score (nSPS) is 11.3. The number of nitrogens with one attached hydrogen (secondary N) is 1. The number of pyridine rings is 1. The monoisotopic (exact) mass is 699 g/mol. The van der Waals surface area contributed by atoms with Crippen LogP contribution < -0.4 is 20.3 Å². The first-order chi connectivity index (χ1) is 19.9. The van der Waals surface area contributed by atoms with Gasteiger partial charge in [0.1, 0.15) is 13.2 Å². The number of hydrogen-bond acceptors (Lipinski definition) is 5. The van der Waals surface area contributed by atoms with Crippen LogP contribution in [0, 0.1) is 3.57 Å².